The predicted octanol–water partition coefficient (Wildman–Crippen LogP) is 1.79. The van der Waals surface area contributed by atoms with E-state index in [2.05, 4.69) is 10.1 Å². The van der Waals surface area contributed by atoms with Gasteiger partial charge in [-0.1, -0.05) is 0 Å². The minimum atomic E-state index is -0.591. The Balaban J connectivity index is 1.91. The van der Waals surface area contributed by atoms with Crippen molar-refractivity contribution in [3.8, 4) is 5.75 Å². The van der Waals surface area contributed by atoms with Gasteiger partial charge in [-0.05, 0) is 37.5 Å². The number of aromatic hydroxyl groups is 1. The molecule has 0 spiro atoms. The summed E-state index contributed by atoms with van der Waals surface area (Å²) in [5.74, 6) is -0.447. The van der Waals surface area contributed by atoms with Gasteiger partial charge < -0.3 is 24.3 Å². The quantitative estimate of drug-likeness (QED) is 0.598. The zero-order chi connectivity index (χ0) is 18.7. The van der Waals surface area contributed by atoms with E-state index < -0.39 is 11.6 Å². The van der Waals surface area contributed by atoms with E-state index in [1.54, 1.807) is 19.1 Å². The summed E-state index contributed by atoms with van der Waals surface area (Å²) in [5.41, 5.74) is 1.19. The van der Waals surface area contributed by atoms with Gasteiger partial charge in [0, 0.05) is 25.1 Å². The number of aryl methyl sites for hydroxylation is 1. The van der Waals surface area contributed by atoms with Crippen molar-refractivity contribution >= 4 is 16.9 Å². The first-order valence-corrected chi connectivity index (χ1v) is 8.67. The predicted molar refractivity (Wildman–Crippen MR) is 95.3 cm³/mol. The van der Waals surface area contributed by atoms with Crippen molar-refractivity contribution < 1.29 is 23.8 Å². The summed E-state index contributed by atoms with van der Waals surface area (Å²) < 4.78 is 15.7. The van der Waals surface area contributed by atoms with E-state index in [0.717, 1.165) is 19.4 Å². The number of phenolic OH excluding ortho intramolecular Hbond substituents is 1. The third kappa shape index (κ3) is 3.73. The molecule has 2 aromatic rings. The van der Waals surface area contributed by atoms with Gasteiger partial charge in [0.15, 0.2) is 0 Å². The Labute approximate surface area is 150 Å². The summed E-state index contributed by atoms with van der Waals surface area (Å²) in [4.78, 5) is 23.9. The highest BCUT2D eigenvalue weighted by Gasteiger charge is 2.19. The third-order valence-corrected chi connectivity index (χ3v) is 4.78. The van der Waals surface area contributed by atoms with Crippen LogP contribution in [0.5, 0.6) is 5.75 Å². The molecule has 1 aliphatic heterocycles. The number of hydrogen-bond acceptors (Lipinski definition) is 7. The van der Waals surface area contributed by atoms with E-state index in [-0.39, 0.29) is 23.8 Å². The molecule has 7 heteroatoms. The molecule has 140 valence electrons. The molecule has 2 heterocycles. The molecular weight excluding hydrogens is 338 g/mol. The lowest BCUT2D eigenvalue weighted by Gasteiger charge is -2.14. The number of esters is 1. The molecule has 0 radical (unpaired) electrons. The normalized spacial score (nSPS) is 16.9. The number of carbonyl (C=O) groups is 1. The van der Waals surface area contributed by atoms with Crippen LogP contribution in [0.3, 0.4) is 0 Å². The fourth-order valence-electron chi connectivity index (χ4n) is 3.25. The Kier molecular flexibility index (Phi) is 5.58. The van der Waals surface area contributed by atoms with Crippen molar-refractivity contribution in [3.05, 3.63) is 39.2 Å². The summed E-state index contributed by atoms with van der Waals surface area (Å²) >= 11 is 0. The van der Waals surface area contributed by atoms with Crippen LogP contribution in [0.2, 0.25) is 0 Å². The molecule has 0 bridgehead atoms. The topological polar surface area (TPSA) is 98.0 Å². The lowest BCUT2D eigenvalue weighted by Crippen LogP contribution is -2.26. The largest absolute Gasteiger partial charge is 0.507 e. The number of ether oxygens (including phenoxy) is 2. The zero-order valence-corrected chi connectivity index (χ0v) is 15.0. The zero-order valence-electron chi connectivity index (χ0n) is 15.0. The van der Waals surface area contributed by atoms with Crippen molar-refractivity contribution in [1.82, 2.24) is 5.32 Å². The number of methoxy groups -OCH3 is 1. The Morgan fingerprint density at radius 1 is 1.38 bits per heavy atom. The van der Waals surface area contributed by atoms with E-state index >= 15 is 0 Å². The second kappa shape index (κ2) is 7.88. The van der Waals surface area contributed by atoms with E-state index in [9.17, 15) is 14.7 Å². The van der Waals surface area contributed by atoms with Gasteiger partial charge in [-0.15, -0.1) is 0 Å². The first kappa shape index (κ1) is 18.4. The van der Waals surface area contributed by atoms with Gasteiger partial charge in [0.25, 0.3) is 0 Å². The van der Waals surface area contributed by atoms with Crippen molar-refractivity contribution in [3.63, 3.8) is 0 Å². The molecular formula is C19H23NO6. The maximum absolute atomic E-state index is 12.4. The number of phenols is 1. The lowest BCUT2D eigenvalue weighted by molar-refractivity contribution is -0.139. The molecule has 1 aliphatic rings. The highest BCUT2D eigenvalue weighted by Crippen LogP contribution is 2.29. The summed E-state index contributed by atoms with van der Waals surface area (Å²) in [5, 5.41) is 14.2. The Hall–Kier alpha value is -2.38. The Morgan fingerprint density at radius 2 is 2.19 bits per heavy atom. The number of rotatable bonds is 6. The van der Waals surface area contributed by atoms with Crippen molar-refractivity contribution in [2.75, 3.05) is 20.3 Å². The minimum Gasteiger partial charge on any atom is -0.507 e. The standard InChI is InChI=1S/C19H23NO6/c1-11-13-5-6-16(21)15(10-20-9-12-4-3-7-25-12)18(13)26-19(23)14(11)8-17(22)24-2/h5-6,12,20-21H,3-4,7-10H2,1-2H3/t12-/m1/s1. The van der Waals surface area contributed by atoms with Crippen LogP contribution in [0.1, 0.15) is 29.5 Å². The average molecular weight is 361 g/mol. The molecule has 0 amide bonds. The summed E-state index contributed by atoms with van der Waals surface area (Å²) in [6, 6.07) is 3.26. The number of fused-ring (bicyclic) bond motifs is 1. The maximum atomic E-state index is 12.4. The summed E-state index contributed by atoms with van der Waals surface area (Å²) in [7, 11) is 1.27. The van der Waals surface area contributed by atoms with Crippen LogP contribution in [0, 0.1) is 6.92 Å². The highest BCUT2D eigenvalue weighted by molar-refractivity contribution is 5.86. The van der Waals surface area contributed by atoms with Gasteiger partial charge in [0.2, 0.25) is 0 Å². The van der Waals surface area contributed by atoms with Crippen LogP contribution in [-0.2, 0) is 27.2 Å². The van der Waals surface area contributed by atoms with E-state index in [1.165, 1.54) is 7.11 Å². The van der Waals surface area contributed by atoms with Gasteiger partial charge in [0.05, 0.1) is 30.8 Å². The van der Waals surface area contributed by atoms with E-state index in [4.69, 9.17) is 9.15 Å². The van der Waals surface area contributed by atoms with E-state index in [1.807, 2.05) is 0 Å². The number of hydrogen-bond donors (Lipinski definition) is 2. The van der Waals surface area contributed by atoms with E-state index in [0.29, 0.717) is 35.2 Å². The molecule has 0 aliphatic carbocycles. The molecule has 1 saturated heterocycles. The fraction of sp³-hybridized carbons (Fsp3) is 0.474. The number of carbonyl (C=O) groups excluding carboxylic acids is 1. The monoisotopic (exact) mass is 361 g/mol. The maximum Gasteiger partial charge on any atom is 0.340 e. The molecule has 2 N–H and O–H groups in total. The second-order valence-electron chi connectivity index (χ2n) is 6.45. The van der Waals surface area contributed by atoms with Crippen LogP contribution in [0.15, 0.2) is 21.3 Å². The van der Waals surface area contributed by atoms with Crippen LogP contribution in [0.4, 0.5) is 0 Å². The second-order valence-corrected chi connectivity index (χ2v) is 6.45. The Bertz CT molecular complexity index is 866. The van der Waals surface area contributed by atoms with Gasteiger partial charge in [-0.3, -0.25) is 4.79 Å². The first-order valence-electron chi connectivity index (χ1n) is 8.67. The highest BCUT2D eigenvalue weighted by atomic mass is 16.5. The van der Waals surface area contributed by atoms with Crippen molar-refractivity contribution in [2.24, 2.45) is 0 Å². The summed E-state index contributed by atoms with van der Waals surface area (Å²) in [6.07, 6.45) is 2.10. The summed E-state index contributed by atoms with van der Waals surface area (Å²) in [6.45, 7) is 3.56. The van der Waals surface area contributed by atoms with Crippen LogP contribution < -0.4 is 10.9 Å². The molecule has 7 nitrogen and oxygen atoms in total. The lowest BCUT2D eigenvalue weighted by atomic mass is 10.0. The van der Waals surface area contributed by atoms with Gasteiger partial charge >= 0.3 is 11.6 Å². The van der Waals surface area contributed by atoms with Crippen LogP contribution in [-0.4, -0.2) is 37.4 Å². The molecule has 1 aromatic carbocycles. The van der Waals surface area contributed by atoms with Gasteiger partial charge in [0.1, 0.15) is 11.3 Å². The minimum absolute atomic E-state index is 0.0561. The van der Waals surface area contributed by atoms with Crippen LogP contribution >= 0.6 is 0 Å². The molecule has 1 atom stereocenters. The van der Waals surface area contributed by atoms with Gasteiger partial charge in [-0.2, -0.15) is 0 Å². The first-order chi connectivity index (χ1) is 12.5. The van der Waals surface area contributed by atoms with Gasteiger partial charge in [-0.25, -0.2) is 4.79 Å². The molecule has 0 unspecified atom stereocenters. The Morgan fingerprint density at radius 3 is 2.88 bits per heavy atom. The SMILES string of the molecule is COC(=O)Cc1c(C)c2ccc(O)c(CNC[C@H]3CCCO3)c2oc1=O. The molecule has 1 fully saturated rings. The smallest absolute Gasteiger partial charge is 0.340 e. The van der Waals surface area contributed by atoms with Crippen molar-refractivity contribution in [1.29, 1.82) is 0 Å². The fourth-order valence-corrected chi connectivity index (χ4v) is 3.25. The molecule has 0 saturated carbocycles. The average Bonchev–Trinajstić information content (AvgIpc) is 3.13. The molecule has 3 rings (SSSR count). The number of benzene rings is 1. The third-order valence-electron chi connectivity index (χ3n) is 4.78. The van der Waals surface area contributed by atoms with Crippen LogP contribution in [0.25, 0.3) is 11.0 Å². The molecule has 1 aromatic heterocycles. The number of nitrogens with one attached hydrogen (secondary N) is 1. The van der Waals surface area contributed by atoms with Crippen molar-refractivity contribution in [2.45, 2.75) is 38.8 Å². The molecule has 26 heavy (non-hydrogen) atoms.